The van der Waals surface area contributed by atoms with Gasteiger partial charge in [0.25, 0.3) is 0 Å². The highest BCUT2D eigenvalue weighted by molar-refractivity contribution is 5.85. The number of halogens is 2. The normalized spacial score (nSPS) is 18.4. The number of benzene rings is 1. The molecule has 1 amide bonds. The smallest absolute Gasteiger partial charge is 0.239 e. The standard InChI is InChI=1S/C17H25FN2O2.ClH/c1-11(2)15(19)17(22)20-9-7-13(8-10-20)16(21)12-3-5-14(18)6-4-12;/h3-6,11,13,15-16,21H,7-10,19H2,1-2H3;1H. The zero-order chi connectivity index (χ0) is 16.3. The first-order valence-electron chi connectivity index (χ1n) is 7.88. The van der Waals surface area contributed by atoms with Crippen LogP contribution >= 0.6 is 12.4 Å². The molecular formula is C17H26ClFN2O2. The first-order valence-corrected chi connectivity index (χ1v) is 7.88. The van der Waals surface area contributed by atoms with Crippen molar-refractivity contribution in [3.05, 3.63) is 35.6 Å². The molecule has 2 rings (SSSR count). The second-order valence-electron chi connectivity index (χ2n) is 6.43. The van der Waals surface area contributed by atoms with Gasteiger partial charge in [0, 0.05) is 13.1 Å². The van der Waals surface area contributed by atoms with Crippen LogP contribution in [0.25, 0.3) is 0 Å². The quantitative estimate of drug-likeness (QED) is 0.882. The van der Waals surface area contributed by atoms with Crippen molar-refractivity contribution in [3.8, 4) is 0 Å². The molecule has 0 aromatic heterocycles. The minimum absolute atomic E-state index is 0. The van der Waals surface area contributed by atoms with Crippen molar-refractivity contribution in [3.63, 3.8) is 0 Å². The van der Waals surface area contributed by atoms with E-state index in [9.17, 15) is 14.3 Å². The molecule has 6 heteroatoms. The zero-order valence-corrected chi connectivity index (χ0v) is 14.4. The van der Waals surface area contributed by atoms with Gasteiger partial charge in [0.05, 0.1) is 12.1 Å². The molecule has 1 fully saturated rings. The summed E-state index contributed by atoms with van der Waals surface area (Å²) < 4.78 is 12.9. The molecule has 0 aliphatic carbocycles. The number of hydrogen-bond donors (Lipinski definition) is 2. The molecule has 0 bridgehead atoms. The first-order chi connectivity index (χ1) is 10.4. The topological polar surface area (TPSA) is 66.6 Å². The number of rotatable bonds is 4. The van der Waals surface area contributed by atoms with Gasteiger partial charge in [-0.2, -0.15) is 0 Å². The highest BCUT2D eigenvalue weighted by Crippen LogP contribution is 2.31. The van der Waals surface area contributed by atoms with Crippen LogP contribution in [0.15, 0.2) is 24.3 Å². The third kappa shape index (κ3) is 4.90. The summed E-state index contributed by atoms with van der Waals surface area (Å²) in [5, 5.41) is 10.4. The van der Waals surface area contributed by atoms with Crippen molar-refractivity contribution in [2.75, 3.05) is 13.1 Å². The van der Waals surface area contributed by atoms with Crippen LogP contribution in [0.2, 0.25) is 0 Å². The lowest BCUT2D eigenvalue weighted by molar-refractivity contribution is -0.135. The highest BCUT2D eigenvalue weighted by atomic mass is 35.5. The number of carbonyl (C=O) groups is 1. The number of hydrogen-bond acceptors (Lipinski definition) is 3. The first kappa shape index (κ1) is 19.9. The van der Waals surface area contributed by atoms with E-state index in [0.717, 1.165) is 18.4 Å². The minimum Gasteiger partial charge on any atom is -0.388 e. The fourth-order valence-corrected chi connectivity index (χ4v) is 2.86. The van der Waals surface area contributed by atoms with E-state index in [1.165, 1.54) is 12.1 Å². The summed E-state index contributed by atoms with van der Waals surface area (Å²) in [6.45, 7) is 5.10. The summed E-state index contributed by atoms with van der Waals surface area (Å²) in [4.78, 5) is 14.0. The molecule has 130 valence electrons. The summed E-state index contributed by atoms with van der Waals surface area (Å²) in [6, 6.07) is 5.49. The number of nitrogens with two attached hydrogens (primary N) is 1. The summed E-state index contributed by atoms with van der Waals surface area (Å²) in [5.74, 6) is -0.108. The van der Waals surface area contributed by atoms with Gasteiger partial charge in [-0.3, -0.25) is 4.79 Å². The number of amides is 1. The molecule has 0 spiro atoms. The summed E-state index contributed by atoms with van der Waals surface area (Å²) in [7, 11) is 0. The second kappa shape index (κ2) is 8.62. The minimum atomic E-state index is -0.614. The molecule has 1 aromatic carbocycles. The monoisotopic (exact) mass is 344 g/mol. The molecule has 0 radical (unpaired) electrons. The Morgan fingerprint density at radius 2 is 1.78 bits per heavy atom. The summed E-state index contributed by atoms with van der Waals surface area (Å²) >= 11 is 0. The van der Waals surface area contributed by atoms with Gasteiger partial charge in [-0.1, -0.05) is 26.0 Å². The van der Waals surface area contributed by atoms with E-state index in [2.05, 4.69) is 0 Å². The van der Waals surface area contributed by atoms with Gasteiger partial charge in [0.15, 0.2) is 0 Å². The molecule has 23 heavy (non-hydrogen) atoms. The predicted octanol–water partition coefficient (Wildman–Crippen LogP) is 2.50. The van der Waals surface area contributed by atoms with Crippen LogP contribution in [-0.2, 0) is 4.79 Å². The summed E-state index contributed by atoms with van der Waals surface area (Å²) in [6.07, 6.45) is 0.848. The third-order valence-electron chi connectivity index (χ3n) is 4.51. The van der Waals surface area contributed by atoms with Crippen LogP contribution < -0.4 is 5.73 Å². The maximum atomic E-state index is 12.9. The van der Waals surface area contributed by atoms with Crippen LogP contribution in [0.4, 0.5) is 4.39 Å². The van der Waals surface area contributed by atoms with Crippen molar-refractivity contribution < 1.29 is 14.3 Å². The van der Waals surface area contributed by atoms with Crippen LogP contribution in [-0.4, -0.2) is 35.0 Å². The number of likely N-dealkylation sites (tertiary alicyclic amines) is 1. The molecule has 1 heterocycles. The molecule has 1 aromatic rings. The molecular weight excluding hydrogens is 319 g/mol. The number of aliphatic hydroxyl groups is 1. The van der Waals surface area contributed by atoms with E-state index in [0.29, 0.717) is 13.1 Å². The molecule has 4 nitrogen and oxygen atoms in total. The van der Waals surface area contributed by atoms with Crippen LogP contribution in [0, 0.1) is 17.7 Å². The van der Waals surface area contributed by atoms with E-state index in [4.69, 9.17) is 5.73 Å². The molecule has 1 aliphatic rings. The Morgan fingerprint density at radius 1 is 1.26 bits per heavy atom. The Balaban J connectivity index is 0.00000264. The largest absolute Gasteiger partial charge is 0.388 e. The molecule has 2 atom stereocenters. The summed E-state index contributed by atoms with van der Waals surface area (Å²) in [5.41, 5.74) is 6.64. The van der Waals surface area contributed by atoms with Crippen LogP contribution in [0.1, 0.15) is 38.4 Å². The maximum Gasteiger partial charge on any atom is 0.239 e. The lowest BCUT2D eigenvalue weighted by Gasteiger charge is -2.36. The number of piperidine rings is 1. The average molecular weight is 345 g/mol. The highest BCUT2D eigenvalue weighted by Gasteiger charge is 2.30. The number of aliphatic hydroxyl groups excluding tert-OH is 1. The Labute approximate surface area is 143 Å². The van der Waals surface area contributed by atoms with Crippen LogP contribution in [0.5, 0.6) is 0 Å². The van der Waals surface area contributed by atoms with Gasteiger partial charge in [-0.25, -0.2) is 4.39 Å². The predicted molar refractivity (Wildman–Crippen MR) is 90.7 cm³/mol. The Bertz CT molecular complexity index is 502. The molecule has 1 aliphatic heterocycles. The fraction of sp³-hybridized carbons (Fsp3) is 0.588. The van der Waals surface area contributed by atoms with E-state index in [-0.39, 0.29) is 36.0 Å². The number of carbonyl (C=O) groups excluding carboxylic acids is 1. The SMILES string of the molecule is CC(C)C(N)C(=O)N1CCC(C(O)c2ccc(F)cc2)CC1.Cl. The number of nitrogens with zero attached hydrogens (tertiary/aromatic N) is 1. The maximum absolute atomic E-state index is 12.9. The lowest BCUT2D eigenvalue weighted by atomic mass is 9.87. The van der Waals surface area contributed by atoms with E-state index < -0.39 is 12.1 Å². The van der Waals surface area contributed by atoms with E-state index >= 15 is 0 Å². The Morgan fingerprint density at radius 3 is 2.26 bits per heavy atom. The molecule has 1 saturated heterocycles. The molecule has 3 N–H and O–H groups in total. The second-order valence-corrected chi connectivity index (χ2v) is 6.43. The fourth-order valence-electron chi connectivity index (χ4n) is 2.86. The van der Waals surface area contributed by atoms with Crippen molar-refractivity contribution in [2.45, 2.75) is 38.8 Å². The van der Waals surface area contributed by atoms with Crippen molar-refractivity contribution in [2.24, 2.45) is 17.6 Å². The van der Waals surface area contributed by atoms with Crippen molar-refractivity contribution >= 4 is 18.3 Å². The van der Waals surface area contributed by atoms with Gasteiger partial charge in [-0.05, 0) is 42.4 Å². The van der Waals surface area contributed by atoms with Gasteiger partial charge < -0.3 is 15.7 Å². The molecule has 0 saturated carbocycles. The van der Waals surface area contributed by atoms with Gasteiger partial charge >= 0.3 is 0 Å². The van der Waals surface area contributed by atoms with E-state index in [1.807, 2.05) is 13.8 Å². The molecule has 2 unspecified atom stereocenters. The van der Waals surface area contributed by atoms with E-state index in [1.54, 1.807) is 17.0 Å². The van der Waals surface area contributed by atoms with Gasteiger partial charge in [0.1, 0.15) is 5.82 Å². The average Bonchev–Trinajstić information content (AvgIpc) is 2.53. The van der Waals surface area contributed by atoms with Crippen LogP contribution in [0.3, 0.4) is 0 Å². The third-order valence-corrected chi connectivity index (χ3v) is 4.51. The van der Waals surface area contributed by atoms with Gasteiger partial charge in [0.2, 0.25) is 5.91 Å². The van der Waals surface area contributed by atoms with Crippen molar-refractivity contribution in [1.29, 1.82) is 0 Å². The van der Waals surface area contributed by atoms with Gasteiger partial charge in [-0.15, -0.1) is 12.4 Å². The Hall–Kier alpha value is -1.17. The lowest BCUT2D eigenvalue weighted by Crippen LogP contribution is -2.49. The zero-order valence-electron chi connectivity index (χ0n) is 13.6. The Kier molecular flexibility index (Phi) is 7.45. The van der Waals surface area contributed by atoms with Crippen molar-refractivity contribution in [1.82, 2.24) is 4.90 Å².